The van der Waals surface area contributed by atoms with Crippen LogP contribution in [0.15, 0.2) is 24.3 Å². The zero-order valence-electron chi connectivity index (χ0n) is 16.5. The van der Waals surface area contributed by atoms with Crippen LogP contribution in [0.5, 0.6) is 0 Å². The van der Waals surface area contributed by atoms with Crippen molar-refractivity contribution in [3.05, 3.63) is 29.3 Å². The number of halogens is 1. The summed E-state index contributed by atoms with van der Waals surface area (Å²) in [7, 11) is 0. The second-order valence-electron chi connectivity index (χ2n) is 8.24. The van der Waals surface area contributed by atoms with Crippen molar-refractivity contribution in [1.82, 2.24) is 5.32 Å². The molecule has 2 fully saturated rings. The molecule has 7 heteroatoms. The molecule has 0 aromatic heterocycles. The highest BCUT2D eigenvalue weighted by molar-refractivity contribution is 6.33. The van der Waals surface area contributed by atoms with Gasteiger partial charge < -0.3 is 24.8 Å². The first-order valence-electron chi connectivity index (χ1n) is 9.98. The Morgan fingerprint density at radius 2 is 1.85 bits per heavy atom. The van der Waals surface area contributed by atoms with Crippen LogP contribution in [-0.4, -0.2) is 77.0 Å². The molecule has 0 bridgehead atoms. The Bertz CT molecular complexity index is 626. The van der Waals surface area contributed by atoms with Crippen molar-refractivity contribution < 1.29 is 19.3 Å². The molecule has 2 aliphatic heterocycles. The number of morpholine rings is 1. The van der Waals surface area contributed by atoms with E-state index in [-0.39, 0.29) is 11.4 Å². The lowest BCUT2D eigenvalue weighted by Crippen LogP contribution is -3.22. The fourth-order valence-corrected chi connectivity index (χ4v) is 4.23. The van der Waals surface area contributed by atoms with Gasteiger partial charge in [0.25, 0.3) is 5.91 Å². The number of hydrogen-bond acceptors (Lipinski definition) is 3. The summed E-state index contributed by atoms with van der Waals surface area (Å²) in [5.74, 6) is 0.150. The fourth-order valence-electron chi connectivity index (χ4n) is 3.98. The minimum absolute atomic E-state index is 0.0392. The number of anilines is 1. The minimum atomic E-state index is 0.0392. The molecule has 0 saturated carbocycles. The van der Waals surface area contributed by atoms with Gasteiger partial charge in [-0.1, -0.05) is 23.7 Å². The van der Waals surface area contributed by atoms with Crippen LogP contribution in [-0.2, 0) is 9.53 Å². The van der Waals surface area contributed by atoms with Crippen LogP contribution in [0.3, 0.4) is 0 Å². The third-order valence-corrected chi connectivity index (χ3v) is 6.17. The molecule has 1 aromatic carbocycles. The molecule has 0 unspecified atom stereocenters. The van der Waals surface area contributed by atoms with E-state index in [9.17, 15) is 4.79 Å². The number of nitrogens with one attached hydrogen (secondary N) is 3. The highest BCUT2D eigenvalue weighted by Gasteiger charge is 2.33. The third-order valence-electron chi connectivity index (χ3n) is 5.86. The van der Waals surface area contributed by atoms with E-state index in [1.807, 2.05) is 18.2 Å². The molecule has 0 atom stereocenters. The molecule has 2 saturated heterocycles. The summed E-state index contributed by atoms with van der Waals surface area (Å²) >= 11 is 6.30. The van der Waals surface area contributed by atoms with Crippen molar-refractivity contribution in [1.29, 1.82) is 0 Å². The number of carbonyl (C=O) groups is 1. The molecule has 6 nitrogen and oxygen atoms in total. The average Bonchev–Trinajstić information content (AvgIpc) is 2.68. The molecule has 1 amide bonds. The number of benzene rings is 1. The fraction of sp³-hybridized carbons (Fsp3) is 0.650. The smallest absolute Gasteiger partial charge is 0.275 e. The van der Waals surface area contributed by atoms with Gasteiger partial charge in [-0.3, -0.25) is 4.79 Å². The maximum atomic E-state index is 12.4. The Kier molecular flexibility index (Phi) is 6.98. The number of ether oxygens (including phenoxy) is 1. The summed E-state index contributed by atoms with van der Waals surface area (Å²) in [5.41, 5.74) is 1.13. The van der Waals surface area contributed by atoms with Crippen LogP contribution in [0, 0.1) is 0 Å². The van der Waals surface area contributed by atoms with Gasteiger partial charge in [0.15, 0.2) is 6.54 Å². The molecular formula is C20H33ClN4O2+2. The minimum Gasteiger partial charge on any atom is -0.370 e. The molecule has 0 aliphatic carbocycles. The summed E-state index contributed by atoms with van der Waals surface area (Å²) in [6.07, 6.45) is 0. The Balaban J connectivity index is 1.41. The lowest BCUT2D eigenvalue weighted by Gasteiger charge is -2.38. The molecule has 2 heterocycles. The number of nitrogens with zero attached hydrogens (tertiary/aromatic N) is 1. The van der Waals surface area contributed by atoms with Crippen LogP contribution in [0.25, 0.3) is 0 Å². The van der Waals surface area contributed by atoms with E-state index in [0.29, 0.717) is 13.1 Å². The number of rotatable bonds is 6. The van der Waals surface area contributed by atoms with Crippen LogP contribution < -0.4 is 20.0 Å². The molecule has 3 rings (SSSR count). The number of hydrogen-bond donors (Lipinski definition) is 3. The molecule has 1 aromatic rings. The molecular weight excluding hydrogens is 364 g/mol. The molecule has 2 aliphatic rings. The van der Waals surface area contributed by atoms with E-state index in [4.69, 9.17) is 16.3 Å². The van der Waals surface area contributed by atoms with Crippen LogP contribution >= 0.6 is 11.6 Å². The van der Waals surface area contributed by atoms with Crippen molar-refractivity contribution in [2.75, 3.05) is 70.5 Å². The van der Waals surface area contributed by atoms with Gasteiger partial charge in [-0.2, -0.15) is 0 Å². The van der Waals surface area contributed by atoms with E-state index < -0.39 is 0 Å². The van der Waals surface area contributed by atoms with Gasteiger partial charge in [0.05, 0.1) is 56.6 Å². The molecule has 27 heavy (non-hydrogen) atoms. The Morgan fingerprint density at radius 3 is 2.52 bits per heavy atom. The van der Waals surface area contributed by atoms with Crippen molar-refractivity contribution in [3.8, 4) is 0 Å². The Labute approximate surface area is 167 Å². The summed E-state index contributed by atoms with van der Waals surface area (Å²) in [6.45, 7) is 13.1. The lowest BCUT2D eigenvalue weighted by atomic mass is 10.0. The first-order chi connectivity index (χ1) is 13.0. The van der Waals surface area contributed by atoms with Crippen molar-refractivity contribution in [2.45, 2.75) is 19.4 Å². The zero-order valence-corrected chi connectivity index (χ0v) is 17.3. The summed E-state index contributed by atoms with van der Waals surface area (Å²) < 4.78 is 5.45. The maximum absolute atomic E-state index is 12.4. The first kappa shape index (κ1) is 20.4. The van der Waals surface area contributed by atoms with Gasteiger partial charge in [0.1, 0.15) is 18.6 Å². The average molecular weight is 397 g/mol. The van der Waals surface area contributed by atoms with E-state index in [1.54, 1.807) is 0 Å². The van der Waals surface area contributed by atoms with Gasteiger partial charge in [0.2, 0.25) is 0 Å². The van der Waals surface area contributed by atoms with Gasteiger partial charge >= 0.3 is 0 Å². The van der Waals surface area contributed by atoms with E-state index in [0.717, 1.165) is 63.2 Å². The number of quaternary nitrogens is 2. The monoisotopic (exact) mass is 396 g/mol. The predicted molar refractivity (Wildman–Crippen MR) is 108 cm³/mol. The largest absolute Gasteiger partial charge is 0.370 e. The maximum Gasteiger partial charge on any atom is 0.275 e. The topological polar surface area (TPSA) is 50.5 Å². The molecule has 0 spiro atoms. The Morgan fingerprint density at radius 1 is 1.19 bits per heavy atom. The molecule has 3 N–H and O–H groups in total. The van der Waals surface area contributed by atoms with Gasteiger partial charge in [-0.25, -0.2) is 0 Å². The van der Waals surface area contributed by atoms with E-state index in [2.05, 4.69) is 30.1 Å². The SMILES string of the molecule is CC(C)(CNC(=O)C[NH+]1CCN(c2ccccc2Cl)CC1)[NH+]1CCOCC1. The normalized spacial score (nSPS) is 19.9. The summed E-state index contributed by atoms with van der Waals surface area (Å²) in [4.78, 5) is 17.6. The van der Waals surface area contributed by atoms with Gasteiger partial charge in [0, 0.05) is 0 Å². The second-order valence-corrected chi connectivity index (χ2v) is 8.65. The summed E-state index contributed by atoms with van der Waals surface area (Å²) in [6, 6.07) is 7.97. The highest BCUT2D eigenvalue weighted by atomic mass is 35.5. The van der Waals surface area contributed by atoms with Crippen molar-refractivity contribution in [3.63, 3.8) is 0 Å². The van der Waals surface area contributed by atoms with Crippen LogP contribution in [0.4, 0.5) is 5.69 Å². The number of amides is 1. The first-order valence-corrected chi connectivity index (χ1v) is 10.4. The number of carbonyl (C=O) groups excluding carboxylic acids is 1. The molecule has 0 radical (unpaired) electrons. The predicted octanol–water partition coefficient (Wildman–Crippen LogP) is -1.15. The number of para-hydroxylation sites is 1. The van der Waals surface area contributed by atoms with E-state index in [1.165, 1.54) is 9.80 Å². The second kappa shape index (κ2) is 9.24. The highest BCUT2D eigenvalue weighted by Crippen LogP contribution is 2.24. The summed E-state index contributed by atoms with van der Waals surface area (Å²) in [5, 5.41) is 3.96. The van der Waals surface area contributed by atoms with Crippen LogP contribution in [0.2, 0.25) is 5.02 Å². The zero-order chi connectivity index (χ0) is 19.3. The standard InChI is InChI=1S/C20H31ClN4O2/c1-20(2,25-11-13-27-14-12-25)16-22-19(26)15-23-7-9-24(10-8-23)18-6-4-3-5-17(18)21/h3-6H,7-16H2,1-2H3,(H,22,26)/p+2. The Hall–Kier alpha value is -1.34. The van der Waals surface area contributed by atoms with Gasteiger partial charge in [-0.15, -0.1) is 0 Å². The quantitative estimate of drug-likeness (QED) is 0.569. The van der Waals surface area contributed by atoms with Crippen molar-refractivity contribution >= 4 is 23.2 Å². The molecule has 150 valence electrons. The number of piperazine rings is 1. The third kappa shape index (κ3) is 5.57. The van der Waals surface area contributed by atoms with Gasteiger partial charge in [-0.05, 0) is 26.0 Å². The van der Waals surface area contributed by atoms with Crippen molar-refractivity contribution in [2.24, 2.45) is 0 Å². The van der Waals surface area contributed by atoms with E-state index >= 15 is 0 Å². The lowest BCUT2D eigenvalue weighted by molar-refractivity contribution is -0.954. The van der Waals surface area contributed by atoms with Crippen LogP contribution in [0.1, 0.15) is 13.8 Å².